The summed E-state index contributed by atoms with van der Waals surface area (Å²) in [5, 5.41) is 15.4. The van der Waals surface area contributed by atoms with E-state index in [2.05, 4.69) is 33.0 Å². The molecule has 216 valence electrons. The quantitative estimate of drug-likeness (QED) is 0.0991. The fourth-order valence-electron chi connectivity index (χ4n) is 3.36. The highest BCUT2D eigenvalue weighted by molar-refractivity contribution is 9.10. The van der Waals surface area contributed by atoms with Gasteiger partial charge >= 0.3 is 11.9 Å². The van der Waals surface area contributed by atoms with Crippen LogP contribution >= 0.6 is 15.9 Å². The molecule has 0 fully saturated rings. The van der Waals surface area contributed by atoms with Crippen molar-refractivity contribution in [2.45, 2.75) is 13.1 Å². The molecule has 41 heavy (non-hydrogen) atoms. The van der Waals surface area contributed by atoms with Crippen molar-refractivity contribution in [2.75, 3.05) is 20.3 Å². The predicted molar refractivity (Wildman–Crippen MR) is 147 cm³/mol. The molecule has 1 amide bonds. The number of nitrogens with zero attached hydrogens (tertiary/aromatic N) is 2. The van der Waals surface area contributed by atoms with Crippen LogP contribution in [0.3, 0.4) is 0 Å². The first-order valence-corrected chi connectivity index (χ1v) is 12.5. The van der Waals surface area contributed by atoms with Crippen LogP contribution in [0.15, 0.2) is 70.8 Å². The van der Waals surface area contributed by atoms with Gasteiger partial charge in [-0.05, 0) is 70.9 Å². The second kappa shape index (κ2) is 13.7. The van der Waals surface area contributed by atoms with Gasteiger partial charge < -0.3 is 18.9 Å². The van der Waals surface area contributed by atoms with Gasteiger partial charge in [-0.2, -0.15) is 18.3 Å². The Bertz CT molecular complexity index is 1480. The van der Waals surface area contributed by atoms with Gasteiger partial charge in [0.1, 0.15) is 6.61 Å². The van der Waals surface area contributed by atoms with Gasteiger partial charge in [0.05, 0.1) is 34.9 Å². The normalized spacial score (nSPS) is 11.2. The van der Waals surface area contributed by atoms with Crippen LogP contribution in [0.4, 0.5) is 18.9 Å². The Morgan fingerprint density at radius 1 is 1.10 bits per heavy atom. The van der Waals surface area contributed by atoms with Crippen molar-refractivity contribution in [1.29, 1.82) is 0 Å². The molecule has 0 saturated carbocycles. The number of ether oxygens (including phenoxy) is 4. The Morgan fingerprint density at radius 3 is 2.46 bits per heavy atom. The smallest absolute Gasteiger partial charge is 0.416 e. The molecule has 3 aromatic rings. The number of halogens is 4. The number of nitrogens with one attached hydrogen (secondary N) is 1. The summed E-state index contributed by atoms with van der Waals surface area (Å²) in [6.45, 7) is 5.69. The lowest BCUT2D eigenvalue weighted by atomic mass is 10.1. The van der Waals surface area contributed by atoms with Crippen LogP contribution in [0.25, 0.3) is 0 Å². The summed E-state index contributed by atoms with van der Waals surface area (Å²) in [5.74, 6) is -0.0732. The van der Waals surface area contributed by atoms with Crippen LogP contribution < -0.4 is 24.4 Å². The third-order valence-electron chi connectivity index (χ3n) is 5.19. The molecular formula is C27H23BrF3N3O7. The van der Waals surface area contributed by atoms with E-state index >= 15 is 0 Å². The molecule has 10 nitrogen and oxygen atoms in total. The number of alkyl halides is 3. The Balaban J connectivity index is 1.83. The van der Waals surface area contributed by atoms with Crippen molar-refractivity contribution in [3.05, 3.63) is 92.5 Å². The van der Waals surface area contributed by atoms with Crippen LogP contribution in [-0.4, -0.2) is 37.4 Å². The van der Waals surface area contributed by atoms with E-state index in [-0.39, 0.29) is 34.7 Å². The van der Waals surface area contributed by atoms with Crippen molar-refractivity contribution in [1.82, 2.24) is 5.43 Å². The van der Waals surface area contributed by atoms with Gasteiger partial charge in [0.2, 0.25) is 5.75 Å². The number of methoxy groups -OCH3 is 1. The van der Waals surface area contributed by atoms with E-state index in [4.69, 9.17) is 18.9 Å². The molecule has 0 aromatic heterocycles. The Morgan fingerprint density at radius 2 is 1.83 bits per heavy atom. The van der Waals surface area contributed by atoms with Gasteiger partial charge in [-0.3, -0.25) is 14.9 Å². The van der Waals surface area contributed by atoms with E-state index in [1.807, 2.05) is 0 Å². The standard InChI is InChI=1S/C27H23BrF3N3O7/c1-4-10-40-22-8-6-17(13-23(22)38-3)26(35)33-32-15-16-11-19(28)25(24(12-16)39-5-2)41-21-9-7-18(27(29,30)31)14-20(21)34(36)37/h4,6-9,11-15H,1,5,10H2,2-3H3,(H,33,35)/b32-15+. The maximum absolute atomic E-state index is 13.1. The van der Waals surface area contributed by atoms with Crippen LogP contribution in [0, 0.1) is 10.1 Å². The van der Waals surface area contributed by atoms with E-state index in [0.29, 0.717) is 29.2 Å². The summed E-state index contributed by atoms with van der Waals surface area (Å²) in [6.07, 6.45) is -1.89. The number of hydrogen-bond donors (Lipinski definition) is 1. The molecule has 0 bridgehead atoms. The number of nitro groups is 1. The van der Waals surface area contributed by atoms with E-state index in [1.165, 1.54) is 37.6 Å². The minimum absolute atomic E-state index is 0.0123. The number of hydrogen-bond acceptors (Lipinski definition) is 8. The lowest BCUT2D eigenvalue weighted by molar-refractivity contribution is -0.385. The Labute approximate surface area is 240 Å². The molecule has 3 rings (SSSR count). The van der Waals surface area contributed by atoms with Crippen LogP contribution in [0.2, 0.25) is 0 Å². The molecule has 0 heterocycles. The number of amides is 1. The van der Waals surface area contributed by atoms with Crippen LogP contribution in [0.5, 0.6) is 28.7 Å². The van der Waals surface area contributed by atoms with Gasteiger partial charge in [0.25, 0.3) is 5.91 Å². The maximum Gasteiger partial charge on any atom is 0.416 e. The number of benzene rings is 3. The van der Waals surface area contributed by atoms with Gasteiger partial charge in [-0.1, -0.05) is 12.7 Å². The summed E-state index contributed by atoms with van der Waals surface area (Å²) in [4.78, 5) is 23.1. The summed E-state index contributed by atoms with van der Waals surface area (Å²) in [7, 11) is 1.44. The highest BCUT2D eigenvalue weighted by Crippen LogP contribution is 2.43. The number of hydrazone groups is 1. The molecule has 3 aromatic carbocycles. The minimum Gasteiger partial charge on any atom is -0.493 e. The van der Waals surface area contributed by atoms with Crippen molar-refractivity contribution in [3.63, 3.8) is 0 Å². The number of nitro benzene ring substituents is 1. The van der Waals surface area contributed by atoms with E-state index in [9.17, 15) is 28.1 Å². The SMILES string of the molecule is C=CCOc1ccc(C(=O)N/N=C/c2cc(Br)c(Oc3ccc(C(F)(F)F)cc3[N+](=O)[O-])c(OCC)c2)cc1OC. The summed E-state index contributed by atoms with van der Waals surface area (Å²) < 4.78 is 61.4. The topological polar surface area (TPSA) is 122 Å². The Kier molecular flexibility index (Phi) is 10.3. The van der Waals surface area contributed by atoms with Crippen LogP contribution in [-0.2, 0) is 6.18 Å². The molecule has 0 aliphatic carbocycles. The monoisotopic (exact) mass is 637 g/mol. The average Bonchev–Trinajstić information content (AvgIpc) is 2.93. The molecular weight excluding hydrogens is 615 g/mol. The highest BCUT2D eigenvalue weighted by atomic mass is 79.9. The van der Waals surface area contributed by atoms with Crippen molar-refractivity contribution >= 4 is 33.7 Å². The average molecular weight is 638 g/mol. The third-order valence-corrected chi connectivity index (χ3v) is 5.78. The molecule has 0 aliphatic rings. The van der Waals surface area contributed by atoms with E-state index < -0.39 is 34.0 Å². The zero-order chi connectivity index (χ0) is 30.2. The fraction of sp³-hybridized carbons (Fsp3) is 0.185. The largest absolute Gasteiger partial charge is 0.493 e. The first-order valence-electron chi connectivity index (χ1n) is 11.7. The summed E-state index contributed by atoms with van der Waals surface area (Å²) in [6, 6.07) is 9.51. The highest BCUT2D eigenvalue weighted by Gasteiger charge is 2.33. The van der Waals surface area contributed by atoms with Crippen molar-refractivity contribution in [3.8, 4) is 28.7 Å². The molecule has 0 radical (unpaired) electrons. The Hall–Kier alpha value is -4.59. The number of carbonyl (C=O) groups excluding carboxylic acids is 1. The number of rotatable bonds is 12. The van der Waals surface area contributed by atoms with Gasteiger partial charge in [-0.15, -0.1) is 0 Å². The molecule has 0 spiro atoms. The first-order chi connectivity index (χ1) is 19.5. The number of carbonyl (C=O) groups is 1. The van der Waals surface area contributed by atoms with Gasteiger partial charge in [0.15, 0.2) is 23.0 Å². The van der Waals surface area contributed by atoms with E-state index in [1.54, 1.807) is 19.1 Å². The summed E-state index contributed by atoms with van der Waals surface area (Å²) >= 11 is 3.30. The summed E-state index contributed by atoms with van der Waals surface area (Å²) in [5.41, 5.74) is 1.01. The lowest BCUT2D eigenvalue weighted by Crippen LogP contribution is -2.17. The van der Waals surface area contributed by atoms with Crippen molar-refractivity contribution < 1.29 is 41.8 Å². The van der Waals surface area contributed by atoms with Crippen molar-refractivity contribution in [2.24, 2.45) is 5.10 Å². The predicted octanol–water partition coefficient (Wildman–Crippen LogP) is 6.90. The van der Waals surface area contributed by atoms with Crippen LogP contribution in [0.1, 0.15) is 28.4 Å². The molecule has 1 N–H and O–H groups in total. The molecule has 14 heteroatoms. The second-order valence-electron chi connectivity index (χ2n) is 7.97. The van der Waals surface area contributed by atoms with Gasteiger partial charge in [-0.25, -0.2) is 5.43 Å². The van der Waals surface area contributed by atoms with E-state index in [0.717, 1.165) is 6.07 Å². The zero-order valence-electron chi connectivity index (χ0n) is 21.7. The second-order valence-corrected chi connectivity index (χ2v) is 8.82. The zero-order valence-corrected chi connectivity index (χ0v) is 23.2. The molecule has 0 atom stereocenters. The molecule has 0 aliphatic heterocycles. The third kappa shape index (κ3) is 7.97. The molecule has 0 unspecified atom stereocenters. The first kappa shape index (κ1) is 30.9. The molecule has 0 saturated heterocycles. The lowest BCUT2D eigenvalue weighted by Gasteiger charge is -2.15. The van der Waals surface area contributed by atoms with Gasteiger partial charge in [0, 0.05) is 11.6 Å². The minimum atomic E-state index is -4.77. The fourth-order valence-corrected chi connectivity index (χ4v) is 3.90. The maximum atomic E-state index is 13.1.